The molecule has 1 saturated carbocycles. The van der Waals surface area contributed by atoms with E-state index in [2.05, 4.69) is 15.0 Å². The van der Waals surface area contributed by atoms with E-state index >= 15 is 0 Å². The molecule has 0 amide bonds. The molecule has 27 heavy (non-hydrogen) atoms. The van der Waals surface area contributed by atoms with Crippen molar-refractivity contribution in [1.29, 1.82) is 0 Å². The minimum Gasteiger partial charge on any atom is -0.477 e. The van der Waals surface area contributed by atoms with E-state index in [1.807, 2.05) is 13.8 Å². The molecule has 0 atom stereocenters. The first-order valence-corrected chi connectivity index (χ1v) is 9.71. The minimum absolute atomic E-state index is 0.203. The van der Waals surface area contributed by atoms with Crippen molar-refractivity contribution in [2.45, 2.75) is 59.4 Å². The van der Waals surface area contributed by atoms with Crippen LogP contribution in [0.4, 0.5) is 0 Å². The maximum Gasteiger partial charge on any atom is 0.354 e. The van der Waals surface area contributed by atoms with E-state index in [0.29, 0.717) is 42.2 Å². The highest BCUT2D eigenvalue weighted by atomic mass is 16.5. The normalized spacial score (nSPS) is 15.3. The van der Waals surface area contributed by atoms with Gasteiger partial charge in [0.25, 0.3) is 0 Å². The van der Waals surface area contributed by atoms with Gasteiger partial charge in [-0.05, 0) is 31.6 Å². The van der Waals surface area contributed by atoms with Gasteiger partial charge < -0.3 is 14.4 Å². The van der Waals surface area contributed by atoms with Crippen molar-refractivity contribution >= 4 is 5.97 Å². The van der Waals surface area contributed by atoms with Gasteiger partial charge in [-0.1, -0.05) is 33.1 Å². The van der Waals surface area contributed by atoms with Gasteiger partial charge in [0.15, 0.2) is 11.5 Å². The number of carboxylic acids is 1. The smallest absolute Gasteiger partial charge is 0.354 e. The predicted octanol–water partition coefficient (Wildman–Crippen LogP) is 3.96. The van der Waals surface area contributed by atoms with Crippen LogP contribution in [0.25, 0.3) is 11.5 Å². The second-order valence-electron chi connectivity index (χ2n) is 7.74. The summed E-state index contributed by atoms with van der Waals surface area (Å²) in [5.74, 6) is 0.854. The molecule has 2 aromatic rings. The maximum atomic E-state index is 11.7. The van der Waals surface area contributed by atoms with Crippen molar-refractivity contribution in [2.75, 3.05) is 6.61 Å². The Morgan fingerprint density at radius 2 is 2.00 bits per heavy atom. The molecule has 0 aliphatic heterocycles. The molecule has 0 radical (unpaired) electrons. The summed E-state index contributed by atoms with van der Waals surface area (Å²) in [7, 11) is 0. The number of nitrogens with zero attached hydrogens (tertiary/aromatic N) is 4. The number of carboxylic acid groups (broad SMARTS) is 1. The van der Waals surface area contributed by atoms with Gasteiger partial charge in [-0.25, -0.2) is 14.8 Å². The molecule has 3 rings (SSSR count). The van der Waals surface area contributed by atoms with Crippen molar-refractivity contribution in [2.24, 2.45) is 11.8 Å². The first-order valence-electron chi connectivity index (χ1n) is 9.71. The quantitative estimate of drug-likeness (QED) is 0.791. The summed E-state index contributed by atoms with van der Waals surface area (Å²) < 4.78 is 7.61. The maximum absolute atomic E-state index is 11.7. The summed E-state index contributed by atoms with van der Waals surface area (Å²) in [4.78, 5) is 25.0. The number of hydrogen-bond acceptors (Lipinski definition) is 5. The van der Waals surface area contributed by atoms with Gasteiger partial charge in [0, 0.05) is 6.54 Å². The van der Waals surface area contributed by atoms with Crippen LogP contribution in [-0.4, -0.2) is 37.2 Å². The first-order chi connectivity index (χ1) is 13.0. The minimum atomic E-state index is -0.982. The van der Waals surface area contributed by atoms with E-state index in [4.69, 9.17) is 4.74 Å². The molecule has 7 nitrogen and oxygen atoms in total. The van der Waals surface area contributed by atoms with Crippen LogP contribution in [0.5, 0.6) is 5.88 Å². The van der Waals surface area contributed by atoms with Crippen LogP contribution in [-0.2, 0) is 6.54 Å². The largest absolute Gasteiger partial charge is 0.477 e. The third-order valence-electron chi connectivity index (χ3n) is 4.93. The highest BCUT2D eigenvalue weighted by molar-refractivity contribution is 5.88. The summed E-state index contributed by atoms with van der Waals surface area (Å²) in [6, 6.07) is 0. The molecule has 2 aromatic heterocycles. The number of aryl methyl sites for hydroxylation is 1. The van der Waals surface area contributed by atoms with E-state index in [1.54, 1.807) is 23.9 Å². The molecule has 1 aliphatic carbocycles. The van der Waals surface area contributed by atoms with Gasteiger partial charge >= 0.3 is 5.97 Å². The first kappa shape index (κ1) is 19.3. The molecule has 0 aromatic carbocycles. The summed E-state index contributed by atoms with van der Waals surface area (Å²) in [5.41, 5.74) is 1.22. The average Bonchev–Trinajstić information content (AvgIpc) is 2.96. The SMILES string of the molecule is Cc1nc(-c2cncc(OCC3CCCCC3)n2)n(CC(C)C)c1C(=O)O. The van der Waals surface area contributed by atoms with Crippen LogP contribution >= 0.6 is 0 Å². The fourth-order valence-corrected chi connectivity index (χ4v) is 3.66. The number of carbonyl (C=O) groups is 1. The van der Waals surface area contributed by atoms with E-state index in [0.717, 1.165) is 0 Å². The zero-order chi connectivity index (χ0) is 19.4. The van der Waals surface area contributed by atoms with Gasteiger partial charge in [-0.3, -0.25) is 4.98 Å². The fraction of sp³-hybridized carbons (Fsp3) is 0.600. The second kappa shape index (κ2) is 8.50. The Kier molecular flexibility index (Phi) is 6.08. The molecule has 7 heteroatoms. The number of imidazole rings is 1. The van der Waals surface area contributed by atoms with E-state index < -0.39 is 5.97 Å². The van der Waals surface area contributed by atoms with E-state index in [-0.39, 0.29) is 11.6 Å². The van der Waals surface area contributed by atoms with Crippen LogP contribution in [0.15, 0.2) is 12.4 Å². The van der Waals surface area contributed by atoms with Crippen molar-refractivity contribution in [1.82, 2.24) is 19.5 Å². The standard InChI is InChI=1S/C20H28N4O3/c1-13(2)11-24-18(20(25)26)14(3)22-19(24)16-9-21-10-17(23-16)27-12-15-7-5-4-6-8-15/h9-10,13,15H,4-8,11-12H2,1-3H3,(H,25,26). The highest BCUT2D eigenvalue weighted by Crippen LogP contribution is 2.26. The number of aromatic nitrogens is 4. The molecule has 0 spiro atoms. The van der Waals surface area contributed by atoms with E-state index in [9.17, 15) is 9.90 Å². The Morgan fingerprint density at radius 1 is 1.26 bits per heavy atom. The molecular weight excluding hydrogens is 344 g/mol. The number of rotatable bonds is 7. The van der Waals surface area contributed by atoms with Gasteiger partial charge in [0.1, 0.15) is 5.69 Å². The molecule has 2 heterocycles. The van der Waals surface area contributed by atoms with E-state index in [1.165, 1.54) is 32.1 Å². The van der Waals surface area contributed by atoms with Crippen LogP contribution in [0.2, 0.25) is 0 Å². The molecule has 1 fully saturated rings. The Hall–Kier alpha value is -2.44. The van der Waals surface area contributed by atoms with Crippen molar-refractivity contribution in [3.05, 3.63) is 23.8 Å². The summed E-state index contributed by atoms with van der Waals surface area (Å²) in [6.45, 7) is 6.99. The Bertz CT molecular complexity index is 795. The van der Waals surface area contributed by atoms with Gasteiger partial charge in [-0.15, -0.1) is 0 Å². The molecule has 1 aliphatic rings. The molecule has 0 unspecified atom stereocenters. The zero-order valence-corrected chi connectivity index (χ0v) is 16.3. The van der Waals surface area contributed by atoms with Crippen LogP contribution in [0.3, 0.4) is 0 Å². The number of hydrogen-bond donors (Lipinski definition) is 1. The monoisotopic (exact) mass is 372 g/mol. The lowest BCUT2D eigenvalue weighted by atomic mass is 9.90. The van der Waals surface area contributed by atoms with Crippen molar-refractivity contribution < 1.29 is 14.6 Å². The fourth-order valence-electron chi connectivity index (χ4n) is 3.66. The molecule has 146 valence electrons. The zero-order valence-electron chi connectivity index (χ0n) is 16.3. The Balaban J connectivity index is 1.85. The summed E-state index contributed by atoms with van der Waals surface area (Å²) >= 11 is 0. The second-order valence-corrected chi connectivity index (χ2v) is 7.74. The van der Waals surface area contributed by atoms with Gasteiger partial charge in [0.2, 0.25) is 5.88 Å². The molecule has 0 bridgehead atoms. The van der Waals surface area contributed by atoms with Crippen molar-refractivity contribution in [3.63, 3.8) is 0 Å². The van der Waals surface area contributed by atoms with Crippen LogP contribution in [0.1, 0.15) is 62.1 Å². The number of aromatic carboxylic acids is 1. The van der Waals surface area contributed by atoms with Crippen LogP contribution in [0, 0.1) is 18.8 Å². The van der Waals surface area contributed by atoms with Crippen LogP contribution < -0.4 is 4.74 Å². The predicted molar refractivity (Wildman–Crippen MR) is 102 cm³/mol. The lowest BCUT2D eigenvalue weighted by Gasteiger charge is -2.21. The van der Waals surface area contributed by atoms with Crippen molar-refractivity contribution in [3.8, 4) is 17.4 Å². The third-order valence-corrected chi connectivity index (χ3v) is 4.93. The summed E-state index contributed by atoms with van der Waals surface area (Å²) in [6.07, 6.45) is 9.47. The highest BCUT2D eigenvalue weighted by Gasteiger charge is 2.23. The topological polar surface area (TPSA) is 90.1 Å². The molecule has 1 N–H and O–H groups in total. The Labute approximate surface area is 159 Å². The average molecular weight is 372 g/mol. The van der Waals surface area contributed by atoms with Gasteiger partial charge in [0.05, 0.1) is 24.7 Å². The van der Waals surface area contributed by atoms with Gasteiger partial charge in [-0.2, -0.15) is 0 Å². The number of ether oxygens (including phenoxy) is 1. The Morgan fingerprint density at radius 3 is 2.67 bits per heavy atom. The lowest BCUT2D eigenvalue weighted by Crippen LogP contribution is -2.16. The summed E-state index contributed by atoms with van der Waals surface area (Å²) in [5, 5.41) is 9.58. The molecular formula is C20H28N4O3. The third kappa shape index (κ3) is 4.64. The lowest BCUT2D eigenvalue weighted by molar-refractivity contribution is 0.0683. The molecule has 0 saturated heterocycles.